The summed E-state index contributed by atoms with van der Waals surface area (Å²) in [5, 5.41) is 3.64. The Morgan fingerprint density at radius 2 is 1.95 bits per heavy atom. The first-order valence-corrected chi connectivity index (χ1v) is 7.06. The minimum absolute atomic E-state index is 0.315. The van der Waals surface area contributed by atoms with Crippen LogP contribution in [0.2, 0.25) is 0 Å². The summed E-state index contributed by atoms with van der Waals surface area (Å²) in [6.07, 6.45) is 1.88. The van der Waals surface area contributed by atoms with E-state index in [1.165, 1.54) is 14.2 Å². The van der Waals surface area contributed by atoms with E-state index in [1.54, 1.807) is 0 Å². The molecule has 6 heteroatoms. The second-order valence-electron chi connectivity index (χ2n) is 5.08. The van der Waals surface area contributed by atoms with Crippen LogP contribution in [0.1, 0.15) is 18.9 Å². The van der Waals surface area contributed by atoms with Crippen LogP contribution < -0.4 is 5.32 Å². The number of ether oxygens (including phenoxy) is 2. The summed E-state index contributed by atoms with van der Waals surface area (Å²) in [6, 6.07) is 7.79. The topological polar surface area (TPSA) is 80.4 Å². The highest BCUT2D eigenvalue weighted by molar-refractivity contribution is 5.88. The Bertz CT molecular complexity index is 680. The van der Waals surface area contributed by atoms with Crippen LogP contribution in [-0.4, -0.2) is 36.8 Å². The van der Waals surface area contributed by atoms with Gasteiger partial charge in [0.1, 0.15) is 5.54 Å². The molecule has 0 spiro atoms. The van der Waals surface area contributed by atoms with Crippen LogP contribution in [0.5, 0.6) is 0 Å². The molecule has 0 aliphatic rings. The molecule has 0 unspecified atom stereocenters. The molecule has 1 amide bonds. The summed E-state index contributed by atoms with van der Waals surface area (Å²) < 4.78 is 9.54. The SMILES string of the molecule is CC[C@@](Cc1c[nH]c2ccccc12)(NC(=O)OC)C(=O)OC. The molecular formula is C16H20N2O4. The third-order valence-corrected chi connectivity index (χ3v) is 3.87. The van der Waals surface area contributed by atoms with Crippen molar-refractivity contribution in [1.29, 1.82) is 0 Å². The number of carbonyl (C=O) groups excluding carboxylic acids is 2. The first kappa shape index (κ1) is 15.9. The van der Waals surface area contributed by atoms with Gasteiger partial charge >= 0.3 is 12.1 Å². The average molecular weight is 304 g/mol. The van der Waals surface area contributed by atoms with Gasteiger partial charge in [0.05, 0.1) is 14.2 Å². The quantitative estimate of drug-likeness (QED) is 0.831. The van der Waals surface area contributed by atoms with Gasteiger partial charge in [-0.15, -0.1) is 0 Å². The van der Waals surface area contributed by atoms with Crippen molar-refractivity contribution in [2.45, 2.75) is 25.3 Å². The fraction of sp³-hybridized carbons (Fsp3) is 0.375. The van der Waals surface area contributed by atoms with Crippen molar-refractivity contribution in [3.8, 4) is 0 Å². The lowest BCUT2D eigenvalue weighted by molar-refractivity contribution is -0.148. The number of esters is 1. The number of hydrogen-bond donors (Lipinski definition) is 2. The lowest BCUT2D eigenvalue weighted by Gasteiger charge is -2.30. The summed E-state index contributed by atoms with van der Waals surface area (Å²) in [5.41, 5.74) is 0.747. The number of para-hydroxylation sites is 1. The van der Waals surface area contributed by atoms with Gasteiger partial charge in [0.2, 0.25) is 0 Å². The third kappa shape index (κ3) is 2.90. The maximum atomic E-state index is 12.3. The lowest BCUT2D eigenvalue weighted by Crippen LogP contribution is -2.56. The lowest BCUT2D eigenvalue weighted by atomic mass is 9.88. The zero-order chi connectivity index (χ0) is 16.2. The van der Waals surface area contributed by atoms with E-state index in [0.29, 0.717) is 12.8 Å². The van der Waals surface area contributed by atoms with Crippen molar-refractivity contribution in [3.05, 3.63) is 36.0 Å². The van der Waals surface area contributed by atoms with Crippen molar-refractivity contribution in [3.63, 3.8) is 0 Å². The highest BCUT2D eigenvalue weighted by atomic mass is 16.5. The molecule has 0 radical (unpaired) electrons. The number of aromatic amines is 1. The highest BCUT2D eigenvalue weighted by Crippen LogP contribution is 2.25. The number of nitrogens with one attached hydrogen (secondary N) is 2. The molecule has 1 atom stereocenters. The minimum atomic E-state index is -1.16. The number of H-pyrrole nitrogens is 1. The number of fused-ring (bicyclic) bond motifs is 1. The number of rotatable bonds is 5. The van der Waals surface area contributed by atoms with Crippen LogP contribution >= 0.6 is 0 Å². The molecule has 2 aromatic rings. The maximum Gasteiger partial charge on any atom is 0.407 e. The van der Waals surface area contributed by atoms with Gasteiger partial charge in [0, 0.05) is 23.5 Å². The van der Waals surface area contributed by atoms with Gasteiger partial charge in [-0.1, -0.05) is 25.1 Å². The molecule has 0 aliphatic heterocycles. The third-order valence-electron chi connectivity index (χ3n) is 3.87. The van der Waals surface area contributed by atoms with E-state index < -0.39 is 17.6 Å². The molecule has 0 saturated carbocycles. The van der Waals surface area contributed by atoms with Crippen LogP contribution in [0.3, 0.4) is 0 Å². The number of amides is 1. The molecule has 0 bridgehead atoms. The average Bonchev–Trinajstić information content (AvgIpc) is 2.96. The molecule has 0 fully saturated rings. The van der Waals surface area contributed by atoms with E-state index in [2.05, 4.69) is 15.0 Å². The monoisotopic (exact) mass is 304 g/mol. The van der Waals surface area contributed by atoms with Crippen LogP contribution in [0.25, 0.3) is 10.9 Å². The van der Waals surface area contributed by atoms with E-state index in [4.69, 9.17) is 4.74 Å². The van der Waals surface area contributed by atoms with Gasteiger partial charge < -0.3 is 19.8 Å². The molecule has 6 nitrogen and oxygen atoms in total. The fourth-order valence-electron chi connectivity index (χ4n) is 2.57. The number of methoxy groups -OCH3 is 2. The Balaban J connectivity index is 2.40. The predicted molar refractivity (Wildman–Crippen MR) is 82.6 cm³/mol. The molecule has 1 aromatic carbocycles. The summed E-state index contributed by atoms with van der Waals surface area (Å²) in [6.45, 7) is 1.82. The van der Waals surface area contributed by atoms with Crippen LogP contribution in [0.15, 0.2) is 30.5 Å². The van der Waals surface area contributed by atoms with E-state index in [0.717, 1.165) is 16.5 Å². The van der Waals surface area contributed by atoms with Crippen molar-refractivity contribution < 1.29 is 19.1 Å². The highest BCUT2D eigenvalue weighted by Gasteiger charge is 2.40. The smallest absolute Gasteiger partial charge is 0.407 e. The second kappa shape index (κ2) is 6.51. The van der Waals surface area contributed by atoms with Gasteiger partial charge in [0.25, 0.3) is 0 Å². The first-order chi connectivity index (χ1) is 10.6. The molecular weight excluding hydrogens is 284 g/mol. The van der Waals surface area contributed by atoms with Crippen LogP contribution in [-0.2, 0) is 20.7 Å². The molecule has 22 heavy (non-hydrogen) atoms. The molecule has 118 valence electrons. The Kier molecular flexibility index (Phi) is 4.70. The molecule has 0 aliphatic carbocycles. The Labute approximate surface area is 128 Å². The number of carbonyl (C=O) groups is 2. The van der Waals surface area contributed by atoms with Crippen LogP contribution in [0, 0.1) is 0 Å². The molecule has 2 rings (SSSR count). The summed E-state index contributed by atoms with van der Waals surface area (Å²) in [4.78, 5) is 27.1. The van der Waals surface area contributed by atoms with Gasteiger partial charge in [-0.25, -0.2) is 9.59 Å². The summed E-state index contributed by atoms with van der Waals surface area (Å²) in [5.74, 6) is -0.495. The summed E-state index contributed by atoms with van der Waals surface area (Å²) in [7, 11) is 2.57. The zero-order valence-electron chi connectivity index (χ0n) is 12.9. The largest absolute Gasteiger partial charge is 0.467 e. The standard InChI is InChI=1S/C16H20N2O4/c1-4-16(14(19)21-2,18-15(20)22-3)9-11-10-17-13-8-6-5-7-12(11)13/h5-8,10,17H,4,9H2,1-3H3,(H,18,20)/t16-/m0/s1. The minimum Gasteiger partial charge on any atom is -0.467 e. The number of alkyl carbamates (subject to hydrolysis) is 1. The molecule has 1 heterocycles. The van der Waals surface area contributed by atoms with E-state index in [1.807, 2.05) is 37.4 Å². The fourth-order valence-corrected chi connectivity index (χ4v) is 2.57. The van der Waals surface area contributed by atoms with Crippen molar-refractivity contribution in [2.75, 3.05) is 14.2 Å². The Morgan fingerprint density at radius 1 is 1.23 bits per heavy atom. The van der Waals surface area contributed by atoms with Gasteiger partial charge in [-0.3, -0.25) is 0 Å². The first-order valence-electron chi connectivity index (χ1n) is 7.06. The number of benzene rings is 1. The predicted octanol–water partition coefficient (Wildman–Crippen LogP) is 2.39. The summed E-state index contributed by atoms with van der Waals surface area (Å²) >= 11 is 0. The Hall–Kier alpha value is -2.50. The molecule has 1 aromatic heterocycles. The maximum absolute atomic E-state index is 12.3. The van der Waals surface area contributed by atoms with Gasteiger partial charge in [-0.2, -0.15) is 0 Å². The normalized spacial score (nSPS) is 13.4. The number of hydrogen-bond acceptors (Lipinski definition) is 4. The van der Waals surface area contributed by atoms with E-state index in [-0.39, 0.29) is 0 Å². The second-order valence-corrected chi connectivity index (χ2v) is 5.08. The molecule has 2 N–H and O–H groups in total. The molecule has 0 saturated heterocycles. The van der Waals surface area contributed by atoms with E-state index >= 15 is 0 Å². The van der Waals surface area contributed by atoms with E-state index in [9.17, 15) is 9.59 Å². The van der Waals surface area contributed by atoms with Gasteiger partial charge in [0.15, 0.2) is 0 Å². The number of aromatic nitrogens is 1. The van der Waals surface area contributed by atoms with Gasteiger partial charge in [-0.05, 0) is 18.1 Å². The van der Waals surface area contributed by atoms with Crippen molar-refractivity contribution in [1.82, 2.24) is 10.3 Å². The Morgan fingerprint density at radius 3 is 2.59 bits per heavy atom. The van der Waals surface area contributed by atoms with Crippen molar-refractivity contribution in [2.24, 2.45) is 0 Å². The zero-order valence-corrected chi connectivity index (χ0v) is 12.9. The van der Waals surface area contributed by atoms with Crippen LogP contribution in [0.4, 0.5) is 4.79 Å². The van der Waals surface area contributed by atoms with Crippen molar-refractivity contribution >= 4 is 23.0 Å².